The van der Waals surface area contributed by atoms with Gasteiger partial charge in [-0.1, -0.05) is 0 Å². The summed E-state index contributed by atoms with van der Waals surface area (Å²) >= 11 is 5.48. The summed E-state index contributed by atoms with van der Waals surface area (Å²) in [5.74, 6) is 2.82. The second-order valence-electron chi connectivity index (χ2n) is 3.90. The summed E-state index contributed by atoms with van der Waals surface area (Å²) in [6.45, 7) is 0.617. The smallest absolute Gasteiger partial charge is 0.223 e. The molecule has 2 fully saturated rings. The van der Waals surface area contributed by atoms with Crippen molar-refractivity contribution in [3.8, 4) is 0 Å². The molecular formula is C9H14ClNO. The van der Waals surface area contributed by atoms with Crippen molar-refractivity contribution in [3.63, 3.8) is 0 Å². The van der Waals surface area contributed by atoms with Crippen LogP contribution in [0.1, 0.15) is 19.3 Å². The van der Waals surface area contributed by atoms with E-state index in [4.69, 9.17) is 11.6 Å². The molecule has 2 aliphatic carbocycles. The van der Waals surface area contributed by atoms with E-state index in [2.05, 4.69) is 5.32 Å². The molecule has 1 amide bonds. The Morgan fingerprint density at radius 2 is 2.00 bits per heavy atom. The van der Waals surface area contributed by atoms with E-state index < -0.39 is 0 Å². The molecule has 2 unspecified atom stereocenters. The van der Waals surface area contributed by atoms with Crippen LogP contribution >= 0.6 is 11.6 Å². The maximum atomic E-state index is 11.4. The van der Waals surface area contributed by atoms with E-state index in [-0.39, 0.29) is 5.91 Å². The van der Waals surface area contributed by atoms with E-state index in [0.29, 0.717) is 18.3 Å². The monoisotopic (exact) mass is 187 g/mol. The predicted molar refractivity (Wildman–Crippen MR) is 48.1 cm³/mol. The molecule has 0 aromatic heterocycles. The van der Waals surface area contributed by atoms with Gasteiger partial charge in [0.25, 0.3) is 0 Å². The minimum Gasteiger partial charge on any atom is -0.355 e. The molecule has 0 aromatic rings. The van der Waals surface area contributed by atoms with Crippen LogP contribution in [0.3, 0.4) is 0 Å². The van der Waals surface area contributed by atoms with Gasteiger partial charge in [-0.15, -0.1) is 11.6 Å². The van der Waals surface area contributed by atoms with Gasteiger partial charge in [0.05, 0.1) is 0 Å². The molecule has 2 rings (SSSR count). The Labute approximate surface area is 77.7 Å². The minimum atomic E-state index is 0.225. The largest absolute Gasteiger partial charge is 0.355 e. The van der Waals surface area contributed by atoms with Crippen LogP contribution in [0.4, 0.5) is 0 Å². The molecule has 0 heterocycles. The van der Waals surface area contributed by atoms with Crippen molar-refractivity contribution in [2.24, 2.45) is 17.8 Å². The molecule has 68 valence electrons. The van der Waals surface area contributed by atoms with E-state index in [9.17, 15) is 4.79 Å². The molecule has 1 N–H and O–H groups in total. The Morgan fingerprint density at radius 1 is 1.33 bits per heavy atom. The summed E-state index contributed by atoms with van der Waals surface area (Å²) in [7, 11) is 0. The van der Waals surface area contributed by atoms with Crippen molar-refractivity contribution in [3.05, 3.63) is 0 Å². The summed E-state index contributed by atoms with van der Waals surface area (Å²) in [6.07, 6.45) is 3.62. The van der Waals surface area contributed by atoms with Crippen molar-refractivity contribution in [1.82, 2.24) is 5.32 Å². The average molecular weight is 188 g/mol. The molecule has 12 heavy (non-hydrogen) atoms. The van der Waals surface area contributed by atoms with Gasteiger partial charge in [-0.2, -0.15) is 0 Å². The molecule has 2 atom stereocenters. The van der Waals surface area contributed by atoms with Crippen LogP contribution in [0, 0.1) is 17.8 Å². The third kappa shape index (κ3) is 1.58. The van der Waals surface area contributed by atoms with Crippen LogP contribution in [-0.2, 0) is 4.79 Å². The summed E-state index contributed by atoms with van der Waals surface area (Å²) < 4.78 is 0. The number of nitrogens with one attached hydrogen (secondary N) is 1. The number of carbonyl (C=O) groups excluding carboxylic acids is 1. The zero-order valence-electron chi connectivity index (χ0n) is 7.05. The maximum Gasteiger partial charge on any atom is 0.223 e. The third-order valence-electron chi connectivity index (χ3n) is 3.01. The first-order valence-corrected chi connectivity index (χ1v) is 5.18. The number of fused-ring (bicyclic) bond motifs is 1. The fourth-order valence-corrected chi connectivity index (χ4v) is 2.34. The lowest BCUT2D eigenvalue weighted by Crippen LogP contribution is -2.31. The second kappa shape index (κ2) is 3.25. The topological polar surface area (TPSA) is 29.1 Å². The number of hydrogen-bond donors (Lipinski definition) is 1. The predicted octanol–water partition coefficient (Wildman–Crippen LogP) is 1.39. The van der Waals surface area contributed by atoms with Crippen LogP contribution in [0.25, 0.3) is 0 Å². The molecule has 0 aliphatic heterocycles. The number of carbonyl (C=O) groups is 1. The number of hydrogen-bond acceptors (Lipinski definition) is 1. The highest BCUT2D eigenvalue weighted by Gasteiger charge is 2.47. The Balaban J connectivity index is 1.73. The molecule has 0 radical (unpaired) electrons. The molecule has 0 spiro atoms. The zero-order chi connectivity index (χ0) is 8.55. The normalized spacial score (nSPS) is 37.6. The Kier molecular flexibility index (Phi) is 2.26. The highest BCUT2D eigenvalue weighted by atomic mass is 35.5. The first-order valence-electron chi connectivity index (χ1n) is 4.65. The van der Waals surface area contributed by atoms with E-state index in [0.717, 1.165) is 24.7 Å². The van der Waals surface area contributed by atoms with Gasteiger partial charge in [0.15, 0.2) is 0 Å². The van der Waals surface area contributed by atoms with Gasteiger partial charge in [0.1, 0.15) is 0 Å². The summed E-state index contributed by atoms with van der Waals surface area (Å²) in [5.41, 5.74) is 0. The van der Waals surface area contributed by atoms with Gasteiger partial charge < -0.3 is 5.32 Å². The fourth-order valence-electron chi connectivity index (χ4n) is 2.24. The van der Waals surface area contributed by atoms with E-state index in [1.165, 1.54) is 6.42 Å². The summed E-state index contributed by atoms with van der Waals surface area (Å²) in [6, 6.07) is 0. The molecule has 0 aromatic carbocycles. The van der Waals surface area contributed by atoms with Crippen LogP contribution in [-0.4, -0.2) is 18.3 Å². The van der Waals surface area contributed by atoms with E-state index >= 15 is 0 Å². The second-order valence-corrected chi connectivity index (χ2v) is 4.28. The van der Waals surface area contributed by atoms with Crippen LogP contribution in [0.5, 0.6) is 0 Å². The maximum absolute atomic E-state index is 11.4. The van der Waals surface area contributed by atoms with Gasteiger partial charge >= 0.3 is 0 Å². The van der Waals surface area contributed by atoms with Gasteiger partial charge in [-0.3, -0.25) is 4.79 Å². The first kappa shape index (κ1) is 8.36. The Bertz CT molecular complexity index is 185. The van der Waals surface area contributed by atoms with Crippen molar-refractivity contribution >= 4 is 17.5 Å². The molecule has 2 saturated carbocycles. The first-order chi connectivity index (χ1) is 5.81. The third-order valence-corrected chi connectivity index (χ3v) is 3.20. The summed E-state index contributed by atoms with van der Waals surface area (Å²) in [4.78, 5) is 11.4. The van der Waals surface area contributed by atoms with Gasteiger partial charge in [-0.05, 0) is 31.1 Å². The highest BCUT2D eigenvalue weighted by Crippen LogP contribution is 2.54. The number of halogens is 1. The van der Waals surface area contributed by atoms with Crippen LogP contribution < -0.4 is 5.32 Å². The van der Waals surface area contributed by atoms with Gasteiger partial charge in [0, 0.05) is 18.3 Å². The van der Waals surface area contributed by atoms with Gasteiger partial charge in [0.2, 0.25) is 5.91 Å². The molecule has 0 saturated heterocycles. The summed E-state index contributed by atoms with van der Waals surface area (Å²) in [5, 5.41) is 2.84. The lowest BCUT2D eigenvalue weighted by Gasteiger charge is -2.10. The lowest BCUT2D eigenvalue weighted by atomic mass is 10.0. The number of rotatable bonds is 3. The van der Waals surface area contributed by atoms with Crippen LogP contribution in [0.15, 0.2) is 0 Å². The Hall–Kier alpha value is -0.240. The van der Waals surface area contributed by atoms with E-state index in [1.54, 1.807) is 0 Å². The van der Waals surface area contributed by atoms with E-state index in [1.807, 2.05) is 0 Å². The van der Waals surface area contributed by atoms with Crippen molar-refractivity contribution < 1.29 is 4.79 Å². The van der Waals surface area contributed by atoms with Gasteiger partial charge in [-0.25, -0.2) is 0 Å². The number of alkyl halides is 1. The van der Waals surface area contributed by atoms with Crippen molar-refractivity contribution in [2.45, 2.75) is 19.3 Å². The van der Waals surface area contributed by atoms with Crippen molar-refractivity contribution in [1.29, 1.82) is 0 Å². The standard InChI is InChI=1S/C9H14ClNO/c10-1-2-11-9(12)8-4-6-3-7(6)5-8/h6-8H,1-5H2,(H,11,12). The minimum absolute atomic E-state index is 0.225. The quantitative estimate of drug-likeness (QED) is 0.665. The lowest BCUT2D eigenvalue weighted by molar-refractivity contribution is -0.124. The number of amides is 1. The Morgan fingerprint density at radius 3 is 2.58 bits per heavy atom. The molecule has 2 aliphatic rings. The molecular weight excluding hydrogens is 174 g/mol. The molecule has 2 nitrogen and oxygen atoms in total. The average Bonchev–Trinajstić information content (AvgIpc) is 2.69. The van der Waals surface area contributed by atoms with Crippen LogP contribution in [0.2, 0.25) is 0 Å². The SMILES string of the molecule is O=C(NCCCl)C1CC2CC2C1. The zero-order valence-corrected chi connectivity index (χ0v) is 7.81. The van der Waals surface area contributed by atoms with Crippen molar-refractivity contribution in [2.75, 3.05) is 12.4 Å². The molecule has 0 bridgehead atoms. The highest BCUT2D eigenvalue weighted by molar-refractivity contribution is 6.18. The fraction of sp³-hybridized carbons (Fsp3) is 0.889. The molecule has 3 heteroatoms.